The fourth-order valence-corrected chi connectivity index (χ4v) is 4.88. The molecule has 2 heterocycles. The van der Waals surface area contributed by atoms with E-state index in [0.717, 1.165) is 60.2 Å². The van der Waals surface area contributed by atoms with Crippen molar-refractivity contribution in [2.45, 2.75) is 65.0 Å². The molecule has 5 rings (SSSR count). The van der Waals surface area contributed by atoms with Gasteiger partial charge in [0.15, 0.2) is 5.82 Å². The summed E-state index contributed by atoms with van der Waals surface area (Å²) in [6.07, 6.45) is 12.2. The Hall–Kier alpha value is -3.74. The lowest BCUT2D eigenvalue weighted by atomic mass is 9.98. The van der Waals surface area contributed by atoms with E-state index in [0.29, 0.717) is 12.4 Å². The number of H-pyrrole nitrogens is 1. The van der Waals surface area contributed by atoms with Crippen molar-refractivity contribution in [3.8, 4) is 22.5 Å². The van der Waals surface area contributed by atoms with Crippen LogP contribution < -0.4 is 5.69 Å². The van der Waals surface area contributed by atoms with Crippen LogP contribution in [0.1, 0.15) is 56.7 Å². The van der Waals surface area contributed by atoms with Gasteiger partial charge in [0, 0.05) is 24.0 Å². The lowest BCUT2D eigenvalue weighted by Gasteiger charge is -2.10. The first-order valence-electron chi connectivity index (χ1n) is 12.6. The first-order valence-corrected chi connectivity index (χ1v) is 12.6. The van der Waals surface area contributed by atoms with Gasteiger partial charge in [0.25, 0.3) is 0 Å². The second-order valence-corrected chi connectivity index (χ2v) is 9.28. The van der Waals surface area contributed by atoms with Gasteiger partial charge in [-0.2, -0.15) is 0 Å². The van der Waals surface area contributed by atoms with E-state index >= 15 is 0 Å². The number of nitrogens with one attached hydrogen (secondary N) is 1. The van der Waals surface area contributed by atoms with Crippen molar-refractivity contribution in [1.29, 1.82) is 0 Å². The molecule has 35 heavy (non-hydrogen) atoms. The Morgan fingerprint density at radius 2 is 1.86 bits per heavy atom. The zero-order valence-electron chi connectivity index (χ0n) is 20.3. The van der Waals surface area contributed by atoms with Crippen molar-refractivity contribution in [2.75, 3.05) is 0 Å². The van der Waals surface area contributed by atoms with E-state index < -0.39 is 0 Å². The number of benzene rings is 2. The molecule has 0 radical (unpaired) electrons. The average Bonchev–Trinajstić information content (AvgIpc) is 3.66. The predicted octanol–water partition coefficient (Wildman–Crippen LogP) is 5.39. The van der Waals surface area contributed by atoms with Crippen LogP contribution in [0.4, 0.5) is 0 Å². The van der Waals surface area contributed by atoms with Crippen molar-refractivity contribution in [2.24, 2.45) is 0 Å². The summed E-state index contributed by atoms with van der Waals surface area (Å²) in [7, 11) is 0. The lowest BCUT2D eigenvalue weighted by Crippen LogP contribution is -2.25. The molecule has 7 nitrogen and oxygen atoms in total. The molecular weight excluding hydrogens is 436 g/mol. The normalized spacial score (nSPS) is 13.3. The van der Waals surface area contributed by atoms with Gasteiger partial charge in [-0.25, -0.2) is 9.89 Å². The van der Waals surface area contributed by atoms with E-state index in [-0.39, 0.29) is 5.69 Å². The van der Waals surface area contributed by atoms with E-state index in [1.807, 2.05) is 27.3 Å². The summed E-state index contributed by atoms with van der Waals surface area (Å²) < 4.78 is 3.88. The first-order chi connectivity index (χ1) is 17.2. The molecule has 1 aliphatic rings. The fourth-order valence-electron chi connectivity index (χ4n) is 4.88. The third-order valence-corrected chi connectivity index (χ3v) is 6.86. The highest BCUT2D eigenvalue weighted by molar-refractivity contribution is 5.80. The second kappa shape index (κ2) is 10.7. The summed E-state index contributed by atoms with van der Waals surface area (Å²) in [5, 5.41) is 14.3. The maximum Gasteiger partial charge on any atom is 0.328 e. The number of unbranched alkanes of at least 4 members (excludes halogenated alkanes) is 1. The molecule has 0 bridgehead atoms. The van der Waals surface area contributed by atoms with Crippen LogP contribution in [0.5, 0.6) is 0 Å². The SMILES string of the molecule is CCCCc1cn(CCC2=CCCC2)c(=O)n1Cc1ccc(-c2ccccc2-c2nnn[nH]2)cc1. The Kier molecular flexibility index (Phi) is 7.02. The number of aromatic nitrogens is 6. The Morgan fingerprint density at radius 3 is 2.57 bits per heavy atom. The molecule has 0 aliphatic heterocycles. The summed E-state index contributed by atoms with van der Waals surface area (Å²) >= 11 is 0. The molecule has 4 aromatic rings. The summed E-state index contributed by atoms with van der Waals surface area (Å²) in [5.74, 6) is 0.645. The number of aromatic amines is 1. The molecule has 0 saturated heterocycles. The lowest BCUT2D eigenvalue weighted by molar-refractivity contribution is 0.619. The minimum absolute atomic E-state index is 0.0990. The Labute approximate surface area is 205 Å². The molecule has 180 valence electrons. The fraction of sp³-hybridized carbons (Fsp3) is 0.357. The van der Waals surface area contributed by atoms with Crippen molar-refractivity contribution < 1.29 is 0 Å². The molecule has 0 atom stereocenters. The van der Waals surface area contributed by atoms with Crippen LogP contribution in [0.2, 0.25) is 0 Å². The van der Waals surface area contributed by atoms with E-state index in [9.17, 15) is 4.79 Å². The van der Waals surface area contributed by atoms with Gasteiger partial charge in [-0.1, -0.05) is 73.5 Å². The maximum absolute atomic E-state index is 13.3. The van der Waals surface area contributed by atoms with Gasteiger partial charge in [-0.05, 0) is 65.6 Å². The summed E-state index contributed by atoms with van der Waals surface area (Å²) in [6.45, 7) is 3.54. The topological polar surface area (TPSA) is 81.4 Å². The number of hydrogen-bond donors (Lipinski definition) is 1. The van der Waals surface area contributed by atoms with Gasteiger partial charge >= 0.3 is 5.69 Å². The van der Waals surface area contributed by atoms with E-state index in [4.69, 9.17) is 0 Å². The number of hydrogen-bond acceptors (Lipinski definition) is 4. The van der Waals surface area contributed by atoms with Crippen LogP contribution in [-0.2, 0) is 19.5 Å². The van der Waals surface area contributed by atoms with Crippen LogP contribution in [-0.4, -0.2) is 29.8 Å². The Bertz CT molecular complexity index is 1350. The van der Waals surface area contributed by atoms with Crippen LogP contribution in [0, 0.1) is 0 Å². The number of allylic oxidation sites excluding steroid dienone is 2. The molecule has 2 aromatic heterocycles. The summed E-state index contributed by atoms with van der Waals surface area (Å²) in [4.78, 5) is 13.3. The molecule has 1 aliphatic carbocycles. The van der Waals surface area contributed by atoms with Crippen LogP contribution in [0.3, 0.4) is 0 Å². The predicted molar refractivity (Wildman–Crippen MR) is 138 cm³/mol. The molecule has 7 heteroatoms. The molecular formula is C28H32N6O. The number of tetrazole rings is 1. The molecule has 0 fully saturated rings. The third kappa shape index (κ3) is 5.19. The smallest absolute Gasteiger partial charge is 0.299 e. The standard InChI is InChI=1S/C28H32N6O/c1-2-3-10-24-20-33(18-17-21-8-4-5-9-21)28(35)34(24)19-22-13-15-23(16-14-22)25-11-6-7-12-26(25)27-29-31-32-30-27/h6-8,11-16,20H,2-5,9-10,17-19H2,1H3,(H,29,30,31,32). The first kappa shape index (κ1) is 23.0. The summed E-state index contributed by atoms with van der Waals surface area (Å²) in [6, 6.07) is 16.5. The van der Waals surface area contributed by atoms with Crippen molar-refractivity contribution in [3.63, 3.8) is 0 Å². The molecule has 2 aromatic carbocycles. The quantitative estimate of drug-likeness (QED) is 0.317. The van der Waals surface area contributed by atoms with Gasteiger partial charge in [0.2, 0.25) is 0 Å². The highest BCUT2D eigenvalue weighted by atomic mass is 16.1. The monoisotopic (exact) mass is 468 g/mol. The van der Waals surface area contributed by atoms with Crippen LogP contribution >= 0.6 is 0 Å². The van der Waals surface area contributed by atoms with Crippen molar-refractivity contribution in [1.82, 2.24) is 29.8 Å². The van der Waals surface area contributed by atoms with Gasteiger partial charge in [0.1, 0.15) is 0 Å². The number of nitrogens with zero attached hydrogens (tertiary/aromatic N) is 5. The number of imidazole rings is 1. The summed E-state index contributed by atoms with van der Waals surface area (Å²) in [5.41, 5.74) is 6.94. The molecule has 0 unspecified atom stereocenters. The van der Waals surface area contributed by atoms with Gasteiger partial charge in [-0.15, -0.1) is 5.10 Å². The average molecular weight is 469 g/mol. The van der Waals surface area contributed by atoms with E-state index in [1.165, 1.54) is 24.8 Å². The van der Waals surface area contributed by atoms with Crippen LogP contribution in [0.25, 0.3) is 22.5 Å². The second-order valence-electron chi connectivity index (χ2n) is 9.28. The van der Waals surface area contributed by atoms with Gasteiger partial charge < -0.3 is 0 Å². The highest BCUT2D eigenvalue weighted by Crippen LogP contribution is 2.30. The third-order valence-electron chi connectivity index (χ3n) is 6.86. The molecule has 0 spiro atoms. The minimum Gasteiger partial charge on any atom is -0.299 e. The highest BCUT2D eigenvalue weighted by Gasteiger charge is 2.14. The molecule has 0 saturated carbocycles. The Morgan fingerprint density at radius 1 is 1.03 bits per heavy atom. The molecule has 0 amide bonds. The van der Waals surface area contributed by atoms with Crippen molar-refractivity contribution in [3.05, 3.63) is 88.1 Å². The van der Waals surface area contributed by atoms with E-state index in [1.54, 1.807) is 0 Å². The Balaban J connectivity index is 1.38. The largest absolute Gasteiger partial charge is 0.328 e. The zero-order valence-corrected chi connectivity index (χ0v) is 20.3. The van der Waals surface area contributed by atoms with Crippen LogP contribution in [0.15, 0.2) is 71.2 Å². The van der Waals surface area contributed by atoms with Crippen molar-refractivity contribution >= 4 is 0 Å². The maximum atomic E-state index is 13.3. The van der Waals surface area contributed by atoms with Gasteiger partial charge in [0.05, 0.1) is 6.54 Å². The zero-order chi connectivity index (χ0) is 24.0. The van der Waals surface area contributed by atoms with Gasteiger partial charge in [-0.3, -0.25) is 9.13 Å². The molecule has 1 N–H and O–H groups in total. The minimum atomic E-state index is 0.0990. The van der Waals surface area contributed by atoms with E-state index in [2.05, 4.69) is 70.2 Å². The number of aryl methyl sites for hydroxylation is 2. The number of rotatable bonds is 10.